The van der Waals surface area contributed by atoms with E-state index in [0.717, 1.165) is 15.7 Å². The van der Waals surface area contributed by atoms with E-state index in [1.54, 1.807) is 24.6 Å². The van der Waals surface area contributed by atoms with Gasteiger partial charge in [-0.25, -0.2) is 9.48 Å². The van der Waals surface area contributed by atoms with Gasteiger partial charge in [0.2, 0.25) is 5.91 Å². The molecular formula is C23H23BrN4O4. The largest absolute Gasteiger partial charge is 0.452 e. The lowest BCUT2D eigenvalue weighted by atomic mass is 10.2. The number of carbonyl (C=O) groups excluding carboxylic acids is 3. The van der Waals surface area contributed by atoms with E-state index in [4.69, 9.17) is 4.74 Å². The zero-order valence-electron chi connectivity index (χ0n) is 17.9. The van der Waals surface area contributed by atoms with Crippen LogP contribution in [0.5, 0.6) is 0 Å². The molecule has 0 bridgehead atoms. The SMILES string of the molecule is Cc1cc(Br)ccc1NC(=O)CNC(=O)COC(=O)c1c(C)nn(-c2ccccc2)c1C. The number of rotatable bonds is 7. The number of carbonyl (C=O) groups is 3. The van der Waals surface area contributed by atoms with Crippen molar-refractivity contribution < 1.29 is 19.1 Å². The van der Waals surface area contributed by atoms with Crippen LogP contribution in [0, 0.1) is 20.8 Å². The molecular weight excluding hydrogens is 476 g/mol. The smallest absolute Gasteiger partial charge is 0.342 e. The fraction of sp³-hybridized carbons (Fsp3) is 0.217. The minimum atomic E-state index is -0.646. The van der Waals surface area contributed by atoms with E-state index in [2.05, 4.69) is 31.7 Å². The Bertz CT molecular complexity index is 1160. The summed E-state index contributed by atoms with van der Waals surface area (Å²) in [6.45, 7) is 4.59. The zero-order chi connectivity index (χ0) is 23.3. The first-order valence-electron chi connectivity index (χ1n) is 9.87. The maximum absolute atomic E-state index is 12.5. The number of para-hydroxylation sites is 1. The molecule has 9 heteroatoms. The van der Waals surface area contributed by atoms with Gasteiger partial charge in [0.15, 0.2) is 6.61 Å². The van der Waals surface area contributed by atoms with Gasteiger partial charge in [0.1, 0.15) is 5.56 Å². The molecule has 3 aromatic rings. The molecule has 0 atom stereocenters. The molecule has 8 nitrogen and oxygen atoms in total. The van der Waals surface area contributed by atoms with Crippen molar-refractivity contribution in [2.75, 3.05) is 18.5 Å². The van der Waals surface area contributed by atoms with E-state index in [9.17, 15) is 14.4 Å². The Morgan fingerprint density at radius 2 is 1.75 bits per heavy atom. The monoisotopic (exact) mass is 498 g/mol. The fourth-order valence-electron chi connectivity index (χ4n) is 3.15. The number of halogens is 1. The Kier molecular flexibility index (Phi) is 7.42. The van der Waals surface area contributed by atoms with Crippen molar-refractivity contribution in [1.29, 1.82) is 0 Å². The Hall–Kier alpha value is -3.46. The van der Waals surface area contributed by atoms with Gasteiger partial charge in [-0.1, -0.05) is 34.1 Å². The number of hydrogen-bond donors (Lipinski definition) is 2. The summed E-state index contributed by atoms with van der Waals surface area (Å²) in [6, 6.07) is 14.9. The highest BCUT2D eigenvalue weighted by atomic mass is 79.9. The van der Waals surface area contributed by atoms with Crippen LogP contribution >= 0.6 is 15.9 Å². The summed E-state index contributed by atoms with van der Waals surface area (Å²) in [7, 11) is 0. The van der Waals surface area contributed by atoms with Gasteiger partial charge in [-0.15, -0.1) is 0 Å². The number of aromatic nitrogens is 2. The molecule has 0 saturated carbocycles. The summed E-state index contributed by atoms with van der Waals surface area (Å²) in [4.78, 5) is 36.7. The number of anilines is 1. The van der Waals surface area contributed by atoms with Crippen molar-refractivity contribution in [2.24, 2.45) is 0 Å². The van der Waals surface area contributed by atoms with Crippen LogP contribution in [-0.4, -0.2) is 40.7 Å². The maximum atomic E-state index is 12.5. The van der Waals surface area contributed by atoms with Crippen LogP contribution in [0.4, 0.5) is 5.69 Å². The normalized spacial score (nSPS) is 10.5. The number of nitrogens with one attached hydrogen (secondary N) is 2. The van der Waals surface area contributed by atoms with Gasteiger partial charge in [-0.3, -0.25) is 9.59 Å². The molecule has 166 valence electrons. The molecule has 2 aromatic carbocycles. The molecule has 0 fully saturated rings. The first kappa shape index (κ1) is 23.2. The third-order valence-electron chi connectivity index (χ3n) is 4.74. The van der Waals surface area contributed by atoms with Gasteiger partial charge in [0.25, 0.3) is 5.91 Å². The Morgan fingerprint density at radius 1 is 1.03 bits per heavy atom. The molecule has 32 heavy (non-hydrogen) atoms. The molecule has 1 heterocycles. The Labute approximate surface area is 194 Å². The highest BCUT2D eigenvalue weighted by Gasteiger charge is 2.21. The van der Waals surface area contributed by atoms with Crippen LogP contribution in [0.1, 0.15) is 27.3 Å². The van der Waals surface area contributed by atoms with Gasteiger partial charge in [0.05, 0.1) is 23.6 Å². The minimum Gasteiger partial charge on any atom is -0.452 e. The first-order valence-corrected chi connectivity index (χ1v) is 10.7. The average Bonchev–Trinajstić information content (AvgIpc) is 3.07. The van der Waals surface area contributed by atoms with Gasteiger partial charge >= 0.3 is 5.97 Å². The molecule has 3 rings (SSSR count). The fourth-order valence-corrected chi connectivity index (χ4v) is 3.63. The summed E-state index contributed by atoms with van der Waals surface area (Å²) in [6.07, 6.45) is 0. The van der Waals surface area contributed by atoms with Crippen LogP contribution < -0.4 is 10.6 Å². The van der Waals surface area contributed by atoms with E-state index in [-0.39, 0.29) is 12.5 Å². The molecule has 0 aliphatic heterocycles. The number of nitrogens with zero attached hydrogens (tertiary/aromatic N) is 2. The lowest BCUT2D eigenvalue weighted by Crippen LogP contribution is -2.35. The number of aryl methyl sites for hydroxylation is 2. The van der Waals surface area contributed by atoms with Crippen LogP contribution in [-0.2, 0) is 14.3 Å². The average molecular weight is 499 g/mol. The van der Waals surface area contributed by atoms with Crippen LogP contribution in [0.3, 0.4) is 0 Å². The van der Waals surface area contributed by atoms with E-state index in [0.29, 0.717) is 22.6 Å². The van der Waals surface area contributed by atoms with Crippen molar-refractivity contribution in [3.8, 4) is 5.69 Å². The van der Waals surface area contributed by atoms with Crippen molar-refractivity contribution in [2.45, 2.75) is 20.8 Å². The highest BCUT2D eigenvalue weighted by Crippen LogP contribution is 2.20. The second-order valence-corrected chi connectivity index (χ2v) is 8.07. The summed E-state index contributed by atoms with van der Waals surface area (Å²) in [5.41, 5.74) is 3.78. The van der Waals surface area contributed by atoms with Crippen LogP contribution in [0.15, 0.2) is 53.0 Å². The summed E-state index contributed by atoms with van der Waals surface area (Å²) < 4.78 is 7.70. The molecule has 0 saturated heterocycles. The first-order chi connectivity index (χ1) is 15.3. The zero-order valence-corrected chi connectivity index (χ0v) is 19.5. The highest BCUT2D eigenvalue weighted by molar-refractivity contribution is 9.10. The van der Waals surface area contributed by atoms with Crippen LogP contribution in [0.2, 0.25) is 0 Å². The van der Waals surface area contributed by atoms with E-state index >= 15 is 0 Å². The Morgan fingerprint density at radius 3 is 2.44 bits per heavy atom. The molecule has 0 aliphatic rings. The number of amides is 2. The van der Waals surface area contributed by atoms with Gasteiger partial charge in [-0.2, -0.15) is 5.10 Å². The summed E-state index contributed by atoms with van der Waals surface area (Å²) in [5, 5.41) is 9.57. The molecule has 0 aliphatic carbocycles. The minimum absolute atomic E-state index is 0.240. The summed E-state index contributed by atoms with van der Waals surface area (Å²) in [5.74, 6) is -1.61. The van der Waals surface area contributed by atoms with Crippen molar-refractivity contribution >= 4 is 39.4 Å². The quantitative estimate of drug-likeness (QED) is 0.485. The number of ether oxygens (including phenoxy) is 1. The van der Waals surface area contributed by atoms with E-state index < -0.39 is 18.5 Å². The van der Waals surface area contributed by atoms with Gasteiger partial charge < -0.3 is 15.4 Å². The molecule has 0 radical (unpaired) electrons. The van der Waals surface area contributed by atoms with Gasteiger partial charge in [0, 0.05) is 10.2 Å². The second kappa shape index (κ2) is 10.2. The lowest BCUT2D eigenvalue weighted by Gasteiger charge is -2.10. The Balaban J connectivity index is 1.52. The van der Waals surface area contributed by atoms with Crippen molar-refractivity contribution in [3.05, 3.63) is 75.5 Å². The molecule has 2 N–H and O–H groups in total. The number of hydrogen-bond acceptors (Lipinski definition) is 5. The van der Waals surface area contributed by atoms with Crippen LogP contribution in [0.25, 0.3) is 5.69 Å². The van der Waals surface area contributed by atoms with E-state index in [1.807, 2.05) is 49.4 Å². The van der Waals surface area contributed by atoms with E-state index in [1.165, 1.54) is 0 Å². The predicted octanol–water partition coefficient (Wildman–Crippen LogP) is 3.47. The standard InChI is InChI=1S/C23H23BrN4O4/c1-14-11-17(24)9-10-19(14)26-20(29)12-25-21(30)13-32-23(31)22-15(2)27-28(16(22)3)18-7-5-4-6-8-18/h4-11H,12-13H2,1-3H3,(H,25,30)(H,26,29). The topological polar surface area (TPSA) is 102 Å². The molecule has 1 aromatic heterocycles. The van der Waals surface area contributed by atoms with Crippen molar-refractivity contribution in [1.82, 2.24) is 15.1 Å². The molecule has 0 unspecified atom stereocenters. The summed E-state index contributed by atoms with van der Waals surface area (Å²) >= 11 is 3.36. The second-order valence-electron chi connectivity index (χ2n) is 7.15. The predicted molar refractivity (Wildman–Crippen MR) is 124 cm³/mol. The lowest BCUT2D eigenvalue weighted by molar-refractivity contribution is -0.126. The number of esters is 1. The molecule has 0 spiro atoms. The maximum Gasteiger partial charge on any atom is 0.342 e. The number of benzene rings is 2. The van der Waals surface area contributed by atoms with Crippen molar-refractivity contribution in [3.63, 3.8) is 0 Å². The third kappa shape index (κ3) is 5.61. The van der Waals surface area contributed by atoms with Gasteiger partial charge in [-0.05, 0) is 56.7 Å². The third-order valence-corrected chi connectivity index (χ3v) is 5.23. The molecule has 2 amide bonds.